The first-order valence-electron chi connectivity index (χ1n) is 20.1. The molecular weight excluding hydrogens is 843 g/mol. The van der Waals surface area contributed by atoms with Crippen molar-refractivity contribution in [1.82, 2.24) is 25.5 Å². The van der Waals surface area contributed by atoms with Gasteiger partial charge in [0.15, 0.2) is 11.6 Å². The Morgan fingerprint density at radius 1 is 0.952 bits per heavy atom. The number of carbonyl (C=O) groups is 7. The number of sulfonamides is 1. The van der Waals surface area contributed by atoms with Gasteiger partial charge in [0.1, 0.15) is 29.9 Å². The van der Waals surface area contributed by atoms with E-state index in [9.17, 15) is 46.4 Å². The lowest BCUT2D eigenvalue weighted by Gasteiger charge is -2.27. The summed E-state index contributed by atoms with van der Waals surface area (Å²) >= 11 is 0. The van der Waals surface area contributed by atoms with Crippen LogP contribution >= 0.6 is 0 Å². The molecule has 0 saturated carbocycles. The van der Waals surface area contributed by atoms with Crippen molar-refractivity contribution in [2.45, 2.75) is 57.9 Å². The molecule has 0 bridgehead atoms. The van der Waals surface area contributed by atoms with Crippen molar-refractivity contribution < 1.29 is 55.5 Å². The lowest BCUT2D eigenvalue weighted by Crippen LogP contribution is -2.54. The van der Waals surface area contributed by atoms with Gasteiger partial charge in [-0.25, -0.2) is 22.2 Å². The van der Waals surface area contributed by atoms with E-state index in [1.165, 1.54) is 30.6 Å². The number of Topliss-reactive ketones (excluding diaryl/α,β-unsaturated/α-hetero) is 1. The first-order chi connectivity index (χ1) is 30.2. The van der Waals surface area contributed by atoms with E-state index in [2.05, 4.69) is 25.3 Å². The number of hydrogen-bond acceptors (Lipinski definition) is 11. The van der Waals surface area contributed by atoms with Gasteiger partial charge in [0.25, 0.3) is 17.7 Å². The van der Waals surface area contributed by atoms with Crippen molar-refractivity contribution in [3.63, 3.8) is 0 Å². The molecule has 5 aromatic rings. The molecule has 1 atom stereocenters. The third kappa shape index (κ3) is 9.37. The Labute approximate surface area is 358 Å². The molecule has 19 heteroatoms. The molecule has 0 radical (unpaired) electrons. The zero-order valence-corrected chi connectivity index (χ0v) is 34.5. The SMILES string of the molecule is CCCS(=O)(=O)Nc1ccc(F)c(C(=O)c2c[nH]c3ncc(-c4ccc(C(=O)NCCCCCC(=O)COc5cccc6c5C(=O)N(C5CCC(=O)NC5=O)C6=O)cc4)cc23)c1F. The van der Waals surface area contributed by atoms with Crippen LogP contribution in [0.1, 0.15) is 98.9 Å². The van der Waals surface area contributed by atoms with E-state index < -0.39 is 68.4 Å². The van der Waals surface area contributed by atoms with E-state index in [0.29, 0.717) is 42.5 Å². The maximum absolute atomic E-state index is 15.4. The van der Waals surface area contributed by atoms with Gasteiger partial charge in [0, 0.05) is 53.9 Å². The first-order valence-corrected chi connectivity index (χ1v) is 21.7. The summed E-state index contributed by atoms with van der Waals surface area (Å²) in [5, 5.41) is 5.24. The number of carbonyl (C=O) groups excluding carboxylic acids is 7. The fourth-order valence-corrected chi connectivity index (χ4v) is 8.52. The second-order valence-electron chi connectivity index (χ2n) is 15.0. The van der Waals surface area contributed by atoms with Gasteiger partial charge in [-0.3, -0.25) is 48.5 Å². The van der Waals surface area contributed by atoms with E-state index >= 15 is 4.39 Å². The summed E-state index contributed by atoms with van der Waals surface area (Å²) in [4.78, 5) is 97.3. The molecule has 2 aromatic heterocycles. The van der Waals surface area contributed by atoms with E-state index in [0.717, 1.165) is 17.0 Å². The number of amides is 5. The number of nitrogens with one attached hydrogen (secondary N) is 4. The predicted octanol–water partition coefficient (Wildman–Crippen LogP) is 5.23. The number of fused-ring (bicyclic) bond motifs is 2. The van der Waals surface area contributed by atoms with Crippen LogP contribution in [0.3, 0.4) is 0 Å². The highest BCUT2D eigenvalue weighted by Gasteiger charge is 2.46. The molecule has 2 aliphatic heterocycles. The first kappa shape index (κ1) is 43.9. The molecule has 16 nitrogen and oxygen atoms in total. The number of pyridine rings is 1. The number of H-pyrrole nitrogens is 1. The van der Waals surface area contributed by atoms with E-state index in [4.69, 9.17) is 4.74 Å². The van der Waals surface area contributed by atoms with Gasteiger partial charge in [-0.05, 0) is 73.7 Å². The van der Waals surface area contributed by atoms with Crippen LogP contribution in [0.4, 0.5) is 14.5 Å². The van der Waals surface area contributed by atoms with Crippen LogP contribution in [0.15, 0.2) is 73.1 Å². The number of ketones is 2. The van der Waals surface area contributed by atoms with Crippen molar-refractivity contribution in [2.75, 3.05) is 23.6 Å². The number of nitrogens with zero attached hydrogens (tertiary/aromatic N) is 2. The molecule has 326 valence electrons. The van der Waals surface area contributed by atoms with Crippen molar-refractivity contribution in [3.8, 4) is 16.9 Å². The molecule has 2 aliphatic rings. The normalized spacial score (nSPS) is 15.0. The molecule has 5 amide bonds. The molecule has 7 rings (SSSR count). The number of anilines is 1. The van der Waals surface area contributed by atoms with Crippen molar-refractivity contribution in [2.24, 2.45) is 0 Å². The Balaban J connectivity index is 0.882. The lowest BCUT2D eigenvalue weighted by atomic mass is 9.99. The zero-order valence-electron chi connectivity index (χ0n) is 33.7. The summed E-state index contributed by atoms with van der Waals surface area (Å²) in [6.07, 6.45) is 4.91. The lowest BCUT2D eigenvalue weighted by molar-refractivity contribution is -0.136. The van der Waals surface area contributed by atoms with E-state index in [1.807, 2.05) is 0 Å². The van der Waals surface area contributed by atoms with Crippen LogP contribution in [0, 0.1) is 11.6 Å². The third-order valence-electron chi connectivity index (χ3n) is 10.5. The largest absolute Gasteiger partial charge is 0.485 e. The number of benzene rings is 3. The highest BCUT2D eigenvalue weighted by molar-refractivity contribution is 7.92. The summed E-state index contributed by atoms with van der Waals surface area (Å²) in [6.45, 7) is 1.61. The average Bonchev–Trinajstić information content (AvgIpc) is 3.79. The maximum atomic E-state index is 15.4. The van der Waals surface area contributed by atoms with Gasteiger partial charge in [-0.2, -0.15) is 0 Å². The topological polar surface area (TPSA) is 231 Å². The number of rotatable bonds is 18. The van der Waals surface area contributed by atoms with Gasteiger partial charge in [-0.1, -0.05) is 31.5 Å². The molecule has 1 fully saturated rings. The number of imide groups is 2. The van der Waals surface area contributed by atoms with Crippen molar-refractivity contribution in [3.05, 3.63) is 113 Å². The Morgan fingerprint density at radius 2 is 1.73 bits per heavy atom. The minimum absolute atomic E-state index is 0.00898. The number of hydrogen-bond donors (Lipinski definition) is 4. The van der Waals surface area contributed by atoms with Crippen LogP contribution in [0.5, 0.6) is 5.75 Å². The molecule has 4 N–H and O–H groups in total. The second kappa shape index (κ2) is 18.4. The fourth-order valence-electron chi connectivity index (χ4n) is 7.39. The maximum Gasteiger partial charge on any atom is 0.266 e. The molecule has 4 heterocycles. The minimum Gasteiger partial charge on any atom is -0.485 e. The summed E-state index contributed by atoms with van der Waals surface area (Å²) in [5.74, 6) is -7.00. The number of ether oxygens (including phenoxy) is 1. The van der Waals surface area contributed by atoms with Gasteiger partial charge in [0.2, 0.25) is 27.6 Å². The number of aromatic amines is 1. The zero-order chi connectivity index (χ0) is 45.0. The number of aromatic nitrogens is 2. The van der Waals surface area contributed by atoms with Crippen LogP contribution < -0.4 is 20.1 Å². The van der Waals surface area contributed by atoms with Crippen molar-refractivity contribution in [1.29, 1.82) is 0 Å². The predicted molar refractivity (Wildman–Crippen MR) is 223 cm³/mol. The van der Waals surface area contributed by atoms with Gasteiger partial charge < -0.3 is 15.0 Å². The molecular formula is C44H40F2N6O10S. The molecule has 1 unspecified atom stereocenters. The van der Waals surface area contributed by atoms with Crippen LogP contribution in [0.2, 0.25) is 0 Å². The number of unbranched alkanes of at least 4 members (excludes halogenated alkanes) is 2. The second-order valence-corrected chi connectivity index (χ2v) is 16.8. The van der Waals surface area contributed by atoms with Crippen LogP contribution in [-0.4, -0.2) is 89.3 Å². The monoisotopic (exact) mass is 882 g/mol. The van der Waals surface area contributed by atoms with Gasteiger partial charge in [-0.15, -0.1) is 0 Å². The Hall–Kier alpha value is -7.15. The summed E-state index contributed by atoms with van der Waals surface area (Å²) < 4.78 is 62.6. The third-order valence-corrected chi connectivity index (χ3v) is 12.0. The standard InChI is InChI=1S/C44H40F2N6O10S/c1-2-19-63(60,61)51-32-15-14-31(45)37(38(32)46)39(55)30-22-49-40-29(30)20-26(21-48-40)24-10-12-25(13-11-24)41(56)47-18-5-3-4-7-27(53)23-62-34-9-6-8-28-36(34)44(59)52(43(28)58)33-16-17-35(54)50-42(33)57/h6,8-15,20-22,33,51H,2-5,7,16-19,23H2,1H3,(H,47,56)(H,48,49)(H,50,54,57). The molecule has 1 saturated heterocycles. The van der Waals surface area contributed by atoms with Gasteiger partial charge >= 0.3 is 0 Å². The molecule has 63 heavy (non-hydrogen) atoms. The Kier molecular flexibility index (Phi) is 12.9. The van der Waals surface area contributed by atoms with E-state index in [-0.39, 0.29) is 83.2 Å². The minimum atomic E-state index is -3.93. The fraction of sp³-hybridized carbons (Fsp3) is 0.273. The van der Waals surface area contributed by atoms with Crippen LogP contribution in [0.25, 0.3) is 22.2 Å². The summed E-state index contributed by atoms with van der Waals surface area (Å²) in [5.41, 5.74) is 0.233. The Morgan fingerprint density at radius 3 is 2.48 bits per heavy atom. The average molecular weight is 883 g/mol. The summed E-state index contributed by atoms with van der Waals surface area (Å²) in [7, 11) is -3.93. The van der Waals surface area contributed by atoms with Crippen LogP contribution in [-0.2, 0) is 24.4 Å². The molecule has 0 spiro atoms. The molecule has 3 aromatic carbocycles. The molecule has 0 aliphatic carbocycles. The number of piperidine rings is 1. The summed E-state index contributed by atoms with van der Waals surface area (Å²) in [6, 6.07) is 13.2. The number of halogens is 2. The highest BCUT2D eigenvalue weighted by Crippen LogP contribution is 2.34. The van der Waals surface area contributed by atoms with Gasteiger partial charge in [0.05, 0.1) is 28.1 Å². The van der Waals surface area contributed by atoms with Crippen molar-refractivity contribution >= 4 is 67.8 Å². The Bertz CT molecular complexity index is 2810. The van der Waals surface area contributed by atoms with E-state index in [1.54, 1.807) is 37.3 Å². The highest BCUT2D eigenvalue weighted by atomic mass is 32.2. The smallest absolute Gasteiger partial charge is 0.266 e. The quantitative estimate of drug-likeness (QED) is 0.0506.